The van der Waals surface area contributed by atoms with Gasteiger partial charge in [-0.05, 0) is 25.7 Å². The maximum atomic E-state index is 11.7. The summed E-state index contributed by atoms with van der Waals surface area (Å²) >= 11 is 0. The van der Waals surface area contributed by atoms with Gasteiger partial charge in [0.15, 0.2) is 9.84 Å². The molecule has 0 bridgehead atoms. The molecule has 0 saturated carbocycles. The molecule has 1 rings (SSSR count). The van der Waals surface area contributed by atoms with Gasteiger partial charge in [0.2, 0.25) is 0 Å². The van der Waals surface area contributed by atoms with E-state index in [4.69, 9.17) is 10.5 Å². The molecule has 15 heavy (non-hydrogen) atoms. The maximum absolute atomic E-state index is 11.7. The molecular weight excluding hydrogens is 214 g/mol. The summed E-state index contributed by atoms with van der Waals surface area (Å²) in [6, 6.07) is -0.237. The van der Waals surface area contributed by atoms with Crippen LogP contribution >= 0.6 is 0 Å². The first-order chi connectivity index (χ1) is 7.03. The fraction of sp³-hybridized carbons (Fsp3) is 1.00. The standard InChI is InChI=1S/C10H21NO3S/c1-2-9(11)7-15(12,13)8-10-5-3-4-6-14-10/h9-10H,2-8,11H2,1H3. The van der Waals surface area contributed by atoms with Crippen molar-refractivity contribution in [1.82, 2.24) is 0 Å². The molecule has 0 aliphatic carbocycles. The number of ether oxygens (including phenoxy) is 1. The molecule has 1 fully saturated rings. The van der Waals surface area contributed by atoms with Gasteiger partial charge in [-0.1, -0.05) is 6.92 Å². The first-order valence-corrected chi connectivity index (χ1v) is 7.43. The summed E-state index contributed by atoms with van der Waals surface area (Å²) in [6.07, 6.45) is 3.57. The largest absolute Gasteiger partial charge is 0.377 e. The van der Waals surface area contributed by atoms with E-state index in [1.54, 1.807) is 0 Å². The third-order valence-corrected chi connectivity index (χ3v) is 4.52. The van der Waals surface area contributed by atoms with E-state index in [0.29, 0.717) is 13.0 Å². The fourth-order valence-electron chi connectivity index (χ4n) is 1.73. The van der Waals surface area contributed by atoms with Crippen LogP contribution in [0.25, 0.3) is 0 Å². The Labute approximate surface area is 92.1 Å². The van der Waals surface area contributed by atoms with E-state index >= 15 is 0 Å². The summed E-state index contributed by atoms with van der Waals surface area (Å²) in [5.41, 5.74) is 5.64. The van der Waals surface area contributed by atoms with Crippen LogP contribution in [0.1, 0.15) is 32.6 Å². The van der Waals surface area contributed by atoms with Gasteiger partial charge >= 0.3 is 0 Å². The monoisotopic (exact) mass is 235 g/mol. The molecule has 2 N–H and O–H groups in total. The molecule has 0 spiro atoms. The van der Waals surface area contributed by atoms with Crippen LogP contribution in [0.5, 0.6) is 0 Å². The number of rotatable bonds is 5. The molecule has 1 aliphatic rings. The zero-order valence-corrected chi connectivity index (χ0v) is 10.1. The van der Waals surface area contributed by atoms with Crippen molar-refractivity contribution >= 4 is 9.84 Å². The van der Waals surface area contributed by atoms with Crippen LogP contribution in [0.3, 0.4) is 0 Å². The predicted octanol–water partition coefficient (Wildman–Crippen LogP) is 0.708. The molecule has 2 unspecified atom stereocenters. The SMILES string of the molecule is CCC(N)CS(=O)(=O)CC1CCCCO1. The van der Waals surface area contributed by atoms with Gasteiger partial charge in [0.25, 0.3) is 0 Å². The average molecular weight is 235 g/mol. The summed E-state index contributed by atoms with van der Waals surface area (Å²) in [7, 11) is -3.04. The van der Waals surface area contributed by atoms with Crippen LogP contribution in [0, 0.1) is 0 Å². The average Bonchev–Trinajstić information content (AvgIpc) is 2.17. The minimum Gasteiger partial charge on any atom is -0.377 e. The highest BCUT2D eigenvalue weighted by atomic mass is 32.2. The van der Waals surface area contributed by atoms with E-state index in [2.05, 4.69) is 0 Å². The molecule has 0 aromatic heterocycles. The Morgan fingerprint density at radius 3 is 2.73 bits per heavy atom. The number of hydrogen-bond donors (Lipinski definition) is 1. The second kappa shape index (κ2) is 5.82. The van der Waals surface area contributed by atoms with Crippen LogP contribution in [0.15, 0.2) is 0 Å². The Bertz CT molecular complexity index is 270. The molecule has 1 saturated heterocycles. The number of nitrogens with two attached hydrogens (primary N) is 1. The van der Waals surface area contributed by atoms with Crippen molar-refractivity contribution in [3.8, 4) is 0 Å². The number of hydrogen-bond acceptors (Lipinski definition) is 4. The Morgan fingerprint density at radius 2 is 2.20 bits per heavy atom. The van der Waals surface area contributed by atoms with Crippen molar-refractivity contribution in [3.05, 3.63) is 0 Å². The molecular formula is C10H21NO3S. The zero-order valence-electron chi connectivity index (χ0n) is 9.31. The van der Waals surface area contributed by atoms with Crippen LogP contribution in [-0.2, 0) is 14.6 Å². The smallest absolute Gasteiger partial charge is 0.154 e. The Morgan fingerprint density at radius 1 is 1.47 bits per heavy atom. The van der Waals surface area contributed by atoms with Crippen molar-refractivity contribution in [2.45, 2.75) is 44.8 Å². The van der Waals surface area contributed by atoms with E-state index in [1.165, 1.54) is 0 Å². The fourth-order valence-corrected chi connectivity index (χ4v) is 3.59. The van der Waals surface area contributed by atoms with Crippen LogP contribution < -0.4 is 5.73 Å². The second-order valence-corrected chi connectivity index (χ2v) is 6.39. The minimum atomic E-state index is -3.04. The van der Waals surface area contributed by atoms with E-state index in [-0.39, 0.29) is 23.7 Å². The van der Waals surface area contributed by atoms with Crippen molar-refractivity contribution < 1.29 is 13.2 Å². The van der Waals surface area contributed by atoms with Gasteiger partial charge in [-0.2, -0.15) is 0 Å². The summed E-state index contributed by atoms with van der Waals surface area (Å²) in [6.45, 7) is 2.59. The highest BCUT2D eigenvalue weighted by Gasteiger charge is 2.23. The summed E-state index contributed by atoms with van der Waals surface area (Å²) in [4.78, 5) is 0. The molecule has 0 aromatic rings. The Balaban J connectivity index is 2.40. The van der Waals surface area contributed by atoms with Gasteiger partial charge in [-0.3, -0.25) is 0 Å². The van der Waals surface area contributed by atoms with Gasteiger partial charge in [0.1, 0.15) is 0 Å². The maximum Gasteiger partial charge on any atom is 0.154 e. The lowest BCUT2D eigenvalue weighted by atomic mass is 10.1. The number of sulfone groups is 1. The normalized spacial score (nSPS) is 25.1. The molecule has 5 heteroatoms. The van der Waals surface area contributed by atoms with Crippen LogP contribution in [0.4, 0.5) is 0 Å². The van der Waals surface area contributed by atoms with E-state index < -0.39 is 9.84 Å². The highest BCUT2D eigenvalue weighted by Crippen LogP contribution is 2.15. The molecule has 0 aromatic carbocycles. The van der Waals surface area contributed by atoms with Gasteiger partial charge in [0.05, 0.1) is 17.6 Å². The highest BCUT2D eigenvalue weighted by molar-refractivity contribution is 7.91. The van der Waals surface area contributed by atoms with E-state index in [9.17, 15) is 8.42 Å². The molecule has 1 aliphatic heterocycles. The molecule has 1 heterocycles. The molecule has 2 atom stereocenters. The molecule has 0 radical (unpaired) electrons. The summed E-state index contributed by atoms with van der Waals surface area (Å²) < 4.78 is 28.8. The second-order valence-electron chi connectivity index (χ2n) is 4.23. The van der Waals surface area contributed by atoms with Gasteiger partial charge < -0.3 is 10.5 Å². The first kappa shape index (κ1) is 12.9. The minimum absolute atomic E-state index is 0.0867. The Kier molecular flexibility index (Phi) is 5.02. The zero-order chi connectivity index (χ0) is 11.3. The lowest BCUT2D eigenvalue weighted by molar-refractivity contribution is 0.0305. The molecule has 90 valence electrons. The Hall–Kier alpha value is -0.130. The van der Waals surface area contributed by atoms with E-state index in [0.717, 1.165) is 19.3 Å². The van der Waals surface area contributed by atoms with Gasteiger partial charge in [0, 0.05) is 12.6 Å². The van der Waals surface area contributed by atoms with Crippen molar-refractivity contribution in [2.75, 3.05) is 18.1 Å². The van der Waals surface area contributed by atoms with E-state index in [1.807, 2.05) is 6.92 Å². The van der Waals surface area contributed by atoms with Crippen LogP contribution in [-0.4, -0.2) is 38.7 Å². The van der Waals surface area contributed by atoms with Gasteiger partial charge in [-0.25, -0.2) is 8.42 Å². The first-order valence-electron chi connectivity index (χ1n) is 5.61. The van der Waals surface area contributed by atoms with Gasteiger partial charge in [-0.15, -0.1) is 0 Å². The summed E-state index contributed by atoms with van der Waals surface area (Å²) in [5.74, 6) is 0.226. The lowest BCUT2D eigenvalue weighted by Gasteiger charge is -2.22. The summed E-state index contributed by atoms with van der Waals surface area (Å²) in [5, 5.41) is 0. The van der Waals surface area contributed by atoms with Crippen molar-refractivity contribution in [1.29, 1.82) is 0 Å². The van der Waals surface area contributed by atoms with Crippen LogP contribution in [0.2, 0.25) is 0 Å². The van der Waals surface area contributed by atoms with Crippen molar-refractivity contribution in [2.24, 2.45) is 5.73 Å². The quantitative estimate of drug-likeness (QED) is 0.762. The van der Waals surface area contributed by atoms with Crippen molar-refractivity contribution in [3.63, 3.8) is 0 Å². The topological polar surface area (TPSA) is 69.4 Å². The third-order valence-electron chi connectivity index (χ3n) is 2.71. The third kappa shape index (κ3) is 4.95. The lowest BCUT2D eigenvalue weighted by Crippen LogP contribution is -2.35. The predicted molar refractivity (Wildman–Crippen MR) is 60.5 cm³/mol. The molecule has 0 amide bonds. The molecule has 4 nitrogen and oxygen atoms in total.